The monoisotopic (exact) mass is 386 g/mol. The Morgan fingerprint density at radius 3 is 2.41 bits per heavy atom. The molecule has 0 aliphatic carbocycles. The maximum absolute atomic E-state index is 12.1. The fourth-order valence-corrected chi connectivity index (χ4v) is 2.66. The van der Waals surface area contributed by atoms with Gasteiger partial charge in [0.15, 0.2) is 0 Å². The summed E-state index contributed by atoms with van der Waals surface area (Å²) in [5, 5.41) is 2.29. The Morgan fingerprint density at radius 1 is 0.897 bits per heavy atom. The topological polar surface area (TPSA) is 67.4 Å². The molecule has 0 heterocycles. The van der Waals surface area contributed by atoms with Crippen LogP contribution in [0.15, 0.2) is 91.0 Å². The molecule has 3 aromatic carbocycles. The number of carbonyl (C=O) groups excluding carboxylic acids is 2. The molecule has 146 valence electrons. The molecule has 2 amide bonds. The third-order valence-corrected chi connectivity index (χ3v) is 4.19. The molecule has 0 atom stereocenters. The van der Waals surface area contributed by atoms with Crippen LogP contribution in [-0.4, -0.2) is 11.8 Å². The zero-order chi connectivity index (χ0) is 20.5. The first-order valence-electron chi connectivity index (χ1n) is 9.26. The van der Waals surface area contributed by atoms with Crippen molar-refractivity contribution in [1.29, 1.82) is 0 Å². The van der Waals surface area contributed by atoms with Crippen LogP contribution in [0.2, 0.25) is 0 Å². The van der Waals surface area contributed by atoms with E-state index in [2.05, 4.69) is 16.9 Å². The lowest BCUT2D eigenvalue weighted by Gasteiger charge is -2.09. The van der Waals surface area contributed by atoms with Crippen molar-refractivity contribution in [3.8, 4) is 5.75 Å². The van der Waals surface area contributed by atoms with Crippen molar-refractivity contribution >= 4 is 22.6 Å². The Balaban J connectivity index is 1.52. The lowest BCUT2D eigenvalue weighted by molar-refractivity contribution is -0.117. The minimum absolute atomic E-state index is 0.389. The van der Waals surface area contributed by atoms with Crippen LogP contribution in [-0.2, 0) is 11.4 Å². The van der Waals surface area contributed by atoms with Crippen LogP contribution in [0.3, 0.4) is 0 Å². The Hall–Kier alpha value is -3.86. The Kier molecular flexibility index (Phi) is 6.79. The van der Waals surface area contributed by atoms with E-state index in [0.717, 1.165) is 16.7 Å². The standard InChI is InChI=1S/C24H22N2O3/c1-2-3-4-9-23(27)25-26-24(28)20-12-10-18(11-13-20)17-29-22-15-14-19-7-5-6-8-21(19)16-22/h2-16H,17H2,1H3,(H,25,27)(H,26,28)/b3-2+,9-4+. The molecule has 5 heteroatoms. The van der Waals surface area contributed by atoms with Gasteiger partial charge in [0.05, 0.1) is 0 Å². The van der Waals surface area contributed by atoms with Crippen LogP contribution in [0.4, 0.5) is 0 Å². The quantitative estimate of drug-likeness (QED) is 0.377. The van der Waals surface area contributed by atoms with Gasteiger partial charge in [-0.05, 0) is 47.5 Å². The number of hydrogen-bond donors (Lipinski definition) is 2. The highest BCUT2D eigenvalue weighted by atomic mass is 16.5. The summed E-state index contributed by atoms with van der Waals surface area (Å²) < 4.78 is 5.86. The van der Waals surface area contributed by atoms with Crippen LogP contribution in [0.25, 0.3) is 10.8 Å². The van der Waals surface area contributed by atoms with E-state index in [9.17, 15) is 9.59 Å². The van der Waals surface area contributed by atoms with Crippen LogP contribution < -0.4 is 15.6 Å². The molecule has 2 N–H and O–H groups in total. The predicted molar refractivity (Wildman–Crippen MR) is 114 cm³/mol. The molecule has 0 fully saturated rings. The SMILES string of the molecule is C/C=C/C=C/C(=O)NNC(=O)c1ccc(COc2ccc3ccccc3c2)cc1. The second-order valence-electron chi connectivity index (χ2n) is 6.32. The molecule has 0 aromatic heterocycles. The van der Waals surface area contributed by atoms with E-state index in [4.69, 9.17) is 4.74 Å². The average Bonchev–Trinajstić information content (AvgIpc) is 2.76. The van der Waals surface area contributed by atoms with Crippen LogP contribution in [0.5, 0.6) is 5.75 Å². The van der Waals surface area contributed by atoms with Gasteiger partial charge in [-0.25, -0.2) is 0 Å². The second kappa shape index (κ2) is 9.90. The van der Waals surface area contributed by atoms with E-state index in [-0.39, 0.29) is 5.91 Å². The minimum Gasteiger partial charge on any atom is -0.489 e. The predicted octanol–water partition coefficient (Wildman–Crippen LogP) is 4.31. The number of allylic oxidation sites excluding steroid dienone is 3. The van der Waals surface area contributed by atoms with Gasteiger partial charge in [-0.15, -0.1) is 0 Å². The largest absolute Gasteiger partial charge is 0.489 e. The molecule has 3 rings (SSSR count). The van der Waals surface area contributed by atoms with Crippen LogP contribution >= 0.6 is 0 Å². The average molecular weight is 386 g/mol. The van der Waals surface area contributed by atoms with Gasteiger partial charge >= 0.3 is 0 Å². The molecule has 0 aliphatic rings. The van der Waals surface area contributed by atoms with Gasteiger partial charge in [0.25, 0.3) is 11.8 Å². The fraction of sp³-hybridized carbons (Fsp3) is 0.0833. The molecule has 0 bridgehead atoms. The van der Waals surface area contributed by atoms with E-state index in [0.29, 0.717) is 12.2 Å². The number of carbonyl (C=O) groups is 2. The highest BCUT2D eigenvalue weighted by Gasteiger charge is 2.06. The number of rotatable bonds is 6. The second-order valence-corrected chi connectivity index (χ2v) is 6.32. The van der Waals surface area contributed by atoms with Gasteiger partial charge in [0.2, 0.25) is 0 Å². The molecular formula is C24H22N2O3. The minimum atomic E-state index is -0.406. The molecule has 0 spiro atoms. The summed E-state index contributed by atoms with van der Waals surface area (Å²) in [5.41, 5.74) is 6.09. The molecule has 0 aliphatic heterocycles. The summed E-state index contributed by atoms with van der Waals surface area (Å²) in [6.45, 7) is 2.24. The first kappa shape index (κ1) is 19.9. The smallest absolute Gasteiger partial charge is 0.269 e. The number of nitrogens with one attached hydrogen (secondary N) is 2. The number of amides is 2. The summed E-state index contributed by atoms with van der Waals surface area (Å²) >= 11 is 0. The number of fused-ring (bicyclic) bond motifs is 1. The summed E-state index contributed by atoms with van der Waals surface area (Å²) in [7, 11) is 0. The number of ether oxygens (including phenoxy) is 1. The number of hydrazine groups is 1. The maximum Gasteiger partial charge on any atom is 0.269 e. The van der Waals surface area contributed by atoms with Gasteiger partial charge in [-0.1, -0.05) is 60.7 Å². The van der Waals surface area contributed by atoms with Crippen molar-refractivity contribution in [2.24, 2.45) is 0 Å². The van der Waals surface area contributed by atoms with Crippen molar-refractivity contribution in [2.75, 3.05) is 0 Å². The summed E-state index contributed by atoms with van der Waals surface area (Å²) in [6, 6.07) is 21.1. The van der Waals surface area contributed by atoms with Crippen molar-refractivity contribution in [2.45, 2.75) is 13.5 Å². The molecule has 0 saturated carbocycles. The van der Waals surface area contributed by atoms with Crippen molar-refractivity contribution in [3.05, 3.63) is 102 Å². The zero-order valence-corrected chi connectivity index (χ0v) is 16.1. The Bertz CT molecular complexity index is 1050. The summed E-state index contributed by atoms with van der Waals surface area (Å²) in [6.07, 6.45) is 6.44. The van der Waals surface area contributed by atoms with Crippen molar-refractivity contribution in [3.63, 3.8) is 0 Å². The Morgan fingerprint density at radius 2 is 1.66 bits per heavy atom. The molecule has 29 heavy (non-hydrogen) atoms. The number of hydrogen-bond acceptors (Lipinski definition) is 3. The molecule has 0 unspecified atom stereocenters. The van der Waals surface area contributed by atoms with E-state index in [1.54, 1.807) is 30.4 Å². The normalized spacial score (nSPS) is 11.1. The highest BCUT2D eigenvalue weighted by molar-refractivity contribution is 5.96. The lowest BCUT2D eigenvalue weighted by Crippen LogP contribution is -2.40. The summed E-state index contributed by atoms with van der Waals surface area (Å²) in [5.74, 6) is -0.00385. The van der Waals surface area contributed by atoms with E-state index < -0.39 is 5.91 Å². The maximum atomic E-state index is 12.1. The van der Waals surface area contributed by atoms with E-state index in [1.165, 1.54) is 11.5 Å². The lowest BCUT2D eigenvalue weighted by atomic mass is 10.1. The van der Waals surface area contributed by atoms with Crippen LogP contribution in [0.1, 0.15) is 22.8 Å². The molecular weight excluding hydrogens is 364 g/mol. The molecule has 0 saturated heterocycles. The van der Waals surface area contributed by atoms with Gasteiger partial charge < -0.3 is 4.74 Å². The molecule has 3 aromatic rings. The first-order chi connectivity index (χ1) is 14.2. The van der Waals surface area contributed by atoms with E-state index in [1.807, 2.05) is 55.5 Å². The molecule has 5 nitrogen and oxygen atoms in total. The molecule has 0 radical (unpaired) electrons. The number of benzene rings is 3. The van der Waals surface area contributed by atoms with Gasteiger partial charge in [-0.3, -0.25) is 20.4 Å². The van der Waals surface area contributed by atoms with Crippen molar-refractivity contribution in [1.82, 2.24) is 10.9 Å². The van der Waals surface area contributed by atoms with Crippen LogP contribution in [0, 0.1) is 0 Å². The Labute approximate surface area is 169 Å². The van der Waals surface area contributed by atoms with Gasteiger partial charge in [0, 0.05) is 11.6 Å². The van der Waals surface area contributed by atoms with Gasteiger partial charge in [-0.2, -0.15) is 0 Å². The highest BCUT2D eigenvalue weighted by Crippen LogP contribution is 2.21. The third-order valence-electron chi connectivity index (χ3n) is 4.19. The van der Waals surface area contributed by atoms with Crippen molar-refractivity contribution < 1.29 is 14.3 Å². The zero-order valence-electron chi connectivity index (χ0n) is 16.1. The van der Waals surface area contributed by atoms with E-state index >= 15 is 0 Å². The fourth-order valence-electron chi connectivity index (χ4n) is 2.66. The summed E-state index contributed by atoms with van der Waals surface area (Å²) in [4.78, 5) is 23.6. The van der Waals surface area contributed by atoms with Gasteiger partial charge in [0.1, 0.15) is 12.4 Å². The third kappa shape index (κ3) is 5.81. The first-order valence-corrected chi connectivity index (χ1v) is 9.26.